The molecule has 0 atom stereocenters. The zero-order valence-electron chi connectivity index (χ0n) is 15.6. The summed E-state index contributed by atoms with van der Waals surface area (Å²) in [5, 5.41) is 0. The molecule has 0 unspecified atom stereocenters. The maximum atomic E-state index is 12.4. The van der Waals surface area contributed by atoms with E-state index in [-0.39, 0.29) is 18.9 Å². The van der Waals surface area contributed by atoms with Gasteiger partial charge in [0.2, 0.25) is 15.9 Å². The molecule has 1 heterocycles. The molecule has 1 aliphatic heterocycles. The third kappa shape index (κ3) is 7.03. The van der Waals surface area contributed by atoms with Crippen molar-refractivity contribution in [1.82, 2.24) is 14.1 Å². The second-order valence-electron chi connectivity index (χ2n) is 6.60. The van der Waals surface area contributed by atoms with Gasteiger partial charge in [0.1, 0.15) is 0 Å². The molecule has 0 aliphatic carbocycles. The van der Waals surface area contributed by atoms with E-state index in [9.17, 15) is 13.2 Å². The van der Waals surface area contributed by atoms with E-state index >= 15 is 0 Å². The zero-order valence-corrected chi connectivity index (χ0v) is 16.5. The van der Waals surface area contributed by atoms with Crippen molar-refractivity contribution >= 4 is 15.9 Å². The van der Waals surface area contributed by atoms with Crippen molar-refractivity contribution in [3.8, 4) is 0 Å². The third-order valence-corrected chi connectivity index (χ3v) is 5.80. The average Bonchev–Trinajstić information content (AvgIpc) is 2.62. The number of hydrogen-bond acceptors (Lipinski definition) is 5. The van der Waals surface area contributed by atoms with Crippen LogP contribution in [-0.4, -0.2) is 87.7 Å². The van der Waals surface area contributed by atoms with Crippen molar-refractivity contribution in [1.29, 1.82) is 0 Å². The molecule has 0 N–H and O–H groups in total. The highest BCUT2D eigenvalue weighted by molar-refractivity contribution is 7.88. The summed E-state index contributed by atoms with van der Waals surface area (Å²) >= 11 is 0. The Morgan fingerprint density at radius 1 is 1.15 bits per heavy atom. The molecule has 0 bridgehead atoms. The Balaban J connectivity index is 1.82. The number of benzene rings is 1. The fourth-order valence-electron chi connectivity index (χ4n) is 2.88. The smallest absolute Gasteiger partial charge is 0.223 e. The molecule has 1 aromatic rings. The molecule has 7 nitrogen and oxygen atoms in total. The van der Waals surface area contributed by atoms with Gasteiger partial charge < -0.3 is 9.64 Å². The SMILES string of the molecule is CN(Cc1ccccc1)C(=O)CCN(CCN1CCOCC1)S(C)(=O)=O. The molecule has 1 amide bonds. The number of hydrogen-bond donors (Lipinski definition) is 0. The molecule has 26 heavy (non-hydrogen) atoms. The second kappa shape index (κ2) is 10.0. The largest absolute Gasteiger partial charge is 0.379 e. The van der Waals surface area contributed by atoms with E-state index in [4.69, 9.17) is 4.74 Å². The Hall–Kier alpha value is -1.48. The fraction of sp³-hybridized carbons (Fsp3) is 0.611. The summed E-state index contributed by atoms with van der Waals surface area (Å²) < 4.78 is 30.8. The van der Waals surface area contributed by atoms with Gasteiger partial charge in [-0.2, -0.15) is 0 Å². The number of morpholine rings is 1. The van der Waals surface area contributed by atoms with Gasteiger partial charge in [-0.25, -0.2) is 12.7 Å². The molecular formula is C18H29N3O4S. The lowest BCUT2D eigenvalue weighted by Gasteiger charge is -2.29. The second-order valence-corrected chi connectivity index (χ2v) is 8.58. The number of rotatable bonds is 9. The molecule has 2 rings (SSSR count). The monoisotopic (exact) mass is 383 g/mol. The first kappa shape index (κ1) is 20.8. The molecule has 0 saturated carbocycles. The normalized spacial score (nSPS) is 16.0. The fourth-order valence-corrected chi connectivity index (χ4v) is 3.71. The lowest BCUT2D eigenvalue weighted by Crippen LogP contribution is -2.43. The van der Waals surface area contributed by atoms with Crippen LogP contribution in [0.2, 0.25) is 0 Å². The summed E-state index contributed by atoms with van der Waals surface area (Å²) in [5.41, 5.74) is 1.05. The number of sulfonamides is 1. The Morgan fingerprint density at radius 2 is 1.81 bits per heavy atom. The summed E-state index contributed by atoms with van der Waals surface area (Å²) in [4.78, 5) is 16.2. The van der Waals surface area contributed by atoms with E-state index < -0.39 is 10.0 Å². The molecule has 1 aliphatic rings. The highest BCUT2D eigenvalue weighted by atomic mass is 32.2. The van der Waals surface area contributed by atoms with E-state index in [1.165, 1.54) is 10.6 Å². The summed E-state index contributed by atoms with van der Waals surface area (Å²) in [7, 11) is -1.60. The number of carbonyl (C=O) groups is 1. The molecule has 8 heteroatoms. The molecule has 1 saturated heterocycles. The highest BCUT2D eigenvalue weighted by Gasteiger charge is 2.21. The molecule has 0 spiro atoms. The van der Waals surface area contributed by atoms with Crippen molar-refractivity contribution in [3.63, 3.8) is 0 Å². The number of amides is 1. The summed E-state index contributed by atoms with van der Waals surface area (Å²) in [6.07, 6.45) is 1.38. The maximum absolute atomic E-state index is 12.4. The molecule has 1 fully saturated rings. The molecule has 1 aromatic carbocycles. The topological polar surface area (TPSA) is 70.2 Å². The van der Waals surface area contributed by atoms with E-state index in [2.05, 4.69) is 4.90 Å². The summed E-state index contributed by atoms with van der Waals surface area (Å²) in [6.45, 7) is 4.78. The summed E-state index contributed by atoms with van der Waals surface area (Å²) in [5.74, 6) is -0.0612. The quantitative estimate of drug-likeness (QED) is 0.626. The number of ether oxygens (including phenoxy) is 1. The van der Waals surface area contributed by atoms with Gasteiger partial charge in [0, 0.05) is 52.7 Å². The Bertz CT molecular complexity index is 660. The van der Waals surface area contributed by atoms with Crippen LogP contribution in [0.25, 0.3) is 0 Å². The number of nitrogens with zero attached hydrogens (tertiary/aromatic N) is 3. The van der Waals surface area contributed by atoms with Gasteiger partial charge >= 0.3 is 0 Å². The number of carbonyl (C=O) groups excluding carboxylic acids is 1. The first-order chi connectivity index (χ1) is 12.4. The van der Waals surface area contributed by atoms with Crippen LogP contribution in [0.15, 0.2) is 30.3 Å². The predicted molar refractivity (Wildman–Crippen MR) is 101 cm³/mol. The lowest BCUT2D eigenvalue weighted by molar-refractivity contribution is -0.130. The van der Waals surface area contributed by atoms with Crippen molar-refractivity contribution in [2.45, 2.75) is 13.0 Å². The first-order valence-corrected chi connectivity index (χ1v) is 10.7. The molecule has 0 aromatic heterocycles. The third-order valence-electron chi connectivity index (χ3n) is 4.50. The molecule has 0 radical (unpaired) electrons. The van der Waals surface area contributed by atoms with Crippen LogP contribution in [0.3, 0.4) is 0 Å². The van der Waals surface area contributed by atoms with Crippen LogP contribution in [0, 0.1) is 0 Å². The van der Waals surface area contributed by atoms with Crippen LogP contribution < -0.4 is 0 Å². The minimum absolute atomic E-state index is 0.0612. The predicted octanol–water partition coefficient (Wildman–Crippen LogP) is 0.629. The van der Waals surface area contributed by atoms with E-state index in [1.807, 2.05) is 30.3 Å². The minimum atomic E-state index is -3.34. The van der Waals surface area contributed by atoms with Gasteiger partial charge in [-0.15, -0.1) is 0 Å². The van der Waals surface area contributed by atoms with Crippen molar-refractivity contribution in [2.75, 3.05) is 59.2 Å². The van der Waals surface area contributed by atoms with Gasteiger partial charge in [0.15, 0.2) is 0 Å². The molecule has 146 valence electrons. The van der Waals surface area contributed by atoms with E-state index in [0.717, 1.165) is 18.7 Å². The Labute approximate surface area is 156 Å². The van der Waals surface area contributed by atoms with Crippen molar-refractivity contribution < 1.29 is 17.9 Å². The average molecular weight is 384 g/mol. The van der Waals surface area contributed by atoms with Crippen LogP contribution >= 0.6 is 0 Å². The van der Waals surface area contributed by atoms with Crippen molar-refractivity contribution in [2.24, 2.45) is 0 Å². The van der Waals surface area contributed by atoms with E-state index in [0.29, 0.717) is 32.8 Å². The van der Waals surface area contributed by atoms with Crippen LogP contribution in [0.5, 0.6) is 0 Å². The maximum Gasteiger partial charge on any atom is 0.223 e. The molecular weight excluding hydrogens is 354 g/mol. The standard InChI is InChI=1S/C18H29N3O4S/c1-19(16-17-6-4-3-5-7-17)18(22)8-9-21(26(2,23)24)11-10-20-12-14-25-15-13-20/h3-7H,8-16H2,1-2H3. The van der Waals surface area contributed by atoms with Crippen molar-refractivity contribution in [3.05, 3.63) is 35.9 Å². The van der Waals surface area contributed by atoms with Crippen LogP contribution in [0.4, 0.5) is 0 Å². The Morgan fingerprint density at radius 3 is 2.42 bits per heavy atom. The van der Waals surface area contributed by atoms with Gasteiger partial charge in [-0.3, -0.25) is 9.69 Å². The van der Waals surface area contributed by atoms with E-state index in [1.54, 1.807) is 11.9 Å². The zero-order chi connectivity index (χ0) is 19.0. The lowest BCUT2D eigenvalue weighted by atomic mass is 10.2. The summed E-state index contributed by atoms with van der Waals surface area (Å²) in [6, 6.07) is 9.74. The van der Waals surface area contributed by atoms with Gasteiger partial charge in [0.05, 0.1) is 19.5 Å². The first-order valence-electron chi connectivity index (χ1n) is 8.89. The van der Waals surface area contributed by atoms with Gasteiger partial charge in [-0.05, 0) is 5.56 Å². The highest BCUT2D eigenvalue weighted by Crippen LogP contribution is 2.07. The van der Waals surface area contributed by atoms with Gasteiger partial charge in [-0.1, -0.05) is 30.3 Å². The minimum Gasteiger partial charge on any atom is -0.379 e. The van der Waals surface area contributed by atoms with Crippen LogP contribution in [0.1, 0.15) is 12.0 Å². The van der Waals surface area contributed by atoms with Gasteiger partial charge in [0.25, 0.3) is 0 Å². The Kier molecular flexibility index (Phi) is 8.02. The van der Waals surface area contributed by atoms with Crippen LogP contribution in [-0.2, 0) is 26.1 Å².